The first-order valence-corrected chi connectivity index (χ1v) is 24.0. The van der Waals surface area contributed by atoms with Crippen molar-refractivity contribution in [3.05, 3.63) is 0 Å². The number of rotatable bonds is 41. The maximum Gasteiger partial charge on any atom is 0.0110 e. The molecule has 1 saturated heterocycles. The molecule has 1 aliphatic heterocycles. The van der Waals surface area contributed by atoms with Crippen LogP contribution in [0.1, 0.15) is 226 Å². The Morgan fingerprint density at radius 1 is 0.294 bits per heavy atom. The van der Waals surface area contributed by atoms with Crippen LogP contribution in [-0.4, -0.2) is 98.6 Å². The first-order chi connectivity index (χ1) is 25.2. The summed E-state index contributed by atoms with van der Waals surface area (Å²) in [5, 5.41) is 0. The number of unbranched alkanes of at least 4 members (excludes halogenated alkanes) is 27. The minimum Gasteiger partial charge on any atom is -0.306 e. The maximum absolute atomic E-state index is 2.86. The fourth-order valence-electron chi connectivity index (χ4n) is 8.28. The van der Waals surface area contributed by atoms with E-state index >= 15 is 0 Å². The Kier molecular flexibility index (Phi) is 37.9. The fraction of sp³-hybridized carbons (Fsp3) is 1.00. The molecule has 0 spiro atoms. The van der Waals surface area contributed by atoms with Gasteiger partial charge in [0.05, 0.1) is 0 Å². The second-order valence-electron chi connectivity index (χ2n) is 17.1. The third-order valence-corrected chi connectivity index (χ3v) is 12.0. The monoisotopic (exact) mass is 719 g/mol. The molecule has 1 aliphatic rings. The van der Waals surface area contributed by atoms with Crippen molar-refractivity contribution in [2.75, 3.05) is 79.0 Å². The first-order valence-electron chi connectivity index (χ1n) is 24.0. The molecule has 0 aromatic rings. The van der Waals surface area contributed by atoms with Crippen molar-refractivity contribution < 1.29 is 0 Å². The summed E-state index contributed by atoms with van der Waals surface area (Å²) in [4.78, 5) is 11.0. The van der Waals surface area contributed by atoms with Gasteiger partial charge in [-0.3, -0.25) is 0 Å². The van der Waals surface area contributed by atoms with Gasteiger partial charge >= 0.3 is 0 Å². The van der Waals surface area contributed by atoms with Crippen LogP contribution in [0.25, 0.3) is 0 Å². The van der Waals surface area contributed by atoms with Crippen molar-refractivity contribution in [1.29, 1.82) is 0 Å². The smallest absolute Gasteiger partial charge is 0.0110 e. The molecular weight excluding hydrogens is 621 g/mol. The molecule has 1 fully saturated rings. The average Bonchev–Trinajstić information content (AvgIpc) is 3.14. The van der Waals surface area contributed by atoms with Crippen LogP contribution in [-0.2, 0) is 0 Å². The lowest BCUT2D eigenvalue weighted by Gasteiger charge is -2.35. The van der Waals surface area contributed by atoms with E-state index in [1.165, 1.54) is 277 Å². The van der Waals surface area contributed by atoms with E-state index < -0.39 is 0 Å². The Balaban J connectivity index is 2.15. The van der Waals surface area contributed by atoms with Crippen molar-refractivity contribution in [3.63, 3.8) is 0 Å². The van der Waals surface area contributed by atoms with E-state index in [-0.39, 0.29) is 0 Å². The topological polar surface area (TPSA) is 13.0 Å². The highest BCUT2D eigenvalue weighted by Gasteiger charge is 2.17. The van der Waals surface area contributed by atoms with E-state index in [4.69, 9.17) is 0 Å². The van der Waals surface area contributed by atoms with Crippen LogP contribution >= 0.6 is 0 Å². The molecule has 0 atom stereocenters. The van der Waals surface area contributed by atoms with Crippen LogP contribution in [0.5, 0.6) is 0 Å². The van der Waals surface area contributed by atoms with Crippen molar-refractivity contribution >= 4 is 0 Å². The van der Waals surface area contributed by atoms with Crippen LogP contribution in [0, 0.1) is 0 Å². The molecule has 0 N–H and O–H groups in total. The van der Waals surface area contributed by atoms with Crippen LogP contribution < -0.4 is 0 Å². The van der Waals surface area contributed by atoms with Gasteiger partial charge in [-0.2, -0.15) is 0 Å². The minimum atomic E-state index is 1.27. The number of hydrogen-bond acceptors (Lipinski definition) is 4. The van der Waals surface area contributed by atoms with Gasteiger partial charge in [0.2, 0.25) is 0 Å². The Bertz CT molecular complexity index is 624. The summed E-state index contributed by atoms with van der Waals surface area (Å²) in [5.41, 5.74) is 0. The van der Waals surface area contributed by atoms with Crippen molar-refractivity contribution in [2.24, 2.45) is 0 Å². The molecule has 0 amide bonds. The molecule has 4 nitrogen and oxygen atoms in total. The standard InChI is InChI=1S/C47H98N4/c1-5-8-11-14-17-20-23-26-29-32-37-48(4)38-35-41-50-44-46-51(47-45-50)43-36-42-49(39-33-30-27-24-21-18-15-12-9-6-2)40-34-31-28-25-22-19-16-13-10-7-3/h5-47H2,1-4H3. The Labute approximate surface area is 324 Å². The predicted octanol–water partition coefficient (Wildman–Crippen LogP) is 13.4. The third-order valence-electron chi connectivity index (χ3n) is 12.0. The Morgan fingerprint density at radius 3 is 0.863 bits per heavy atom. The highest BCUT2D eigenvalue weighted by Crippen LogP contribution is 2.14. The molecule has 0 unspecified atom stereocenters. The van der Waals surface area contributed by atoms with Gasteiger partial charge in [-0.15, -0.1) is 0 Å². The fourth-order valence-corrected chi connectivity index (χ4v) is 8.28. The van der Waals surface area contributed by atoms with E-state index in [1.54, 1.807) is 0 Å². The van der Waals surface area contributed by atoms with E-state index in [2.05, 4.69) is 47.4 Å². The van der Waals surface area contributed by atoms with Gasteiger partial charge in [0, 0.05) is 26.2 Å². The minimum absolute atomic E-state index is 1.27. The van der Waals surface area contributed by atoms with E-state index in [0.717, 1.165) is 0 Å². The normalized spacial score (nSPS) is 14.5. The van der Waals surface area contributed by atoms with E-state index in [0.29, 0.717) is 0 Å². The molecule has 0 saturated carbocycles. The van der Waals surface area contributed by atoms with Crippen molar-refractivity contribution in [1.82, 2.24) is 19.6 Å². The van der Waals surface area contributed by atoms with Gasteiger partial charge in [-0.25, -0.2) is 0 Å². The highest BCUT2D eigenvalue weighted by molar-refractivity contribution is 4.73. The molecule has 0 aromatic carbocycles. The largest absolute Gasteiger partial charge is 0.306 e. The first kappa shape index (κ1) is 48.9. The van der Waals surface area contributed by atoms with Crippen molar-refractivity contribution in [3.8, 4) is 0 Å². The molecule has 4 heteroatoms. The average molecular weight is 719 g/mol. The number of nitrogens with zero attached hydrogens (tertiary/aromatic N) is 4. The molecule has 51 heavy (non-hydrogen) atoms. The SMILES string of the molecule is CCCCCCCCCCCCN(C)CCCN1CCN(CCCN(CCCCCCCCCCCC)CCCCCCCCCCCC)CC1. The second-order valence-corrected chi connectivity index (χ2v) is 17.1. The van der Waals surface area contributed by atoms with Gasteiger partial charge in [0.1, 0.15) is 0 Å². The van der Waals surface area contributed by atoms with Gasteiger partial charge in [0.25, 0.3) is 0 Å². The Morgan fingerprint density at radius 2 is 0.529 bits per heavy atom. The summed E-state index contributed by atoms with van der Waals surface area (Å²) in [5.74, 6) is 0. The molecule has 0 bridgehead atoms. The Hall–Kier alpha value is -0.160. The van der Waals surface area contributed by atoms with Crippen LogP contribution in [0.2, 0.25) is 0 Å². The molecule has 1 rings (SSSR count). The number of hydrogen-bond donors (Lipinski definition) is 0. The maximum atomic E-state index is 2.86. The van der Waals surface area contributed by atoms with Crippen molar-refractivity contribution in [2.45, 2.75) is 226 Å². The summed E-state index contributed by atoms with van der Waals surface area (Å²) in [6.07, 6.45) is 45.9. The van der Waals surface area contributed by atoms with Crippen LogP contribution in [0.15, 0.2) is 0 Å². The van der Waals surface area contributed by atoms with Gasteiger partial charge in [0.15, 0.2) is 0 Å². The van der Waals surface area contributed by atoms with E-state index in [9.17, 15) is 0 Å². The van der Waals surface area contributed by atoms with Gasteiger partial charge in [-0.1, -0.05) is 194 Å². The summed E-state index contributed by atoms with van der Waals surface area (Å²) in [6, 6.07) is 0. The van der Waals surface area contributed by atoms with E-state index in [1.807, 2.05) is 0 Å². The molecule has 1 heterocycles. The quantitative estimate of drug-likeness (QED) is 0.0584. The molecule has 0 aromatic heterocycles. The predicted molar refractivity (Wildman–Crippen MR) is 232 cm³/mol. The molecular formula is C47H98N4. The highest BCUT2D eigenvalue weighted by atomic mass is 15.3. The lowest BCUT2D eigenvalue weighted by atomic mass is 10.1. The van der Waals surface area contributed by atoms with Crippen LogP contribution in [0.3, 0.4) is 0 Å². The molecule has 0 radical (unpaired) electrons. The summed E-state index contributed by atoms with van der Waals surface area (Å²) in [7, 11) is 2.35. The third kappa shape index (κ3) is 34.1. The van der Waals surface area contributed by atoms with Gasteiger partial charge in [-0.05, 0) is 85.0 Å². The summed E-state index contributed by atoms with van der Waals surface area (Å²) < 4.78 is 0. The zero-order valence-corrected chi connectivity index (χ0v) is 36.2. The summed E-state index contributed by atoms with van der Waals surface area (Å²) in [6.45, 7) is 21.2. The zero-order valence-electron chi connectivity index (χ0n) is 36.2. The lowest BCUT2D eigenvalue weighted by molar-refractivity contribution is 0.122. The molecule has 306 valence electrons. The number of piperazine rings is 1. The second kappa shape index (κ2) is 39.5. The summed E-state index contributed by atoms with van der Waals surface area (Å²) >= 11 is 0. The van der Waals surface area contributed by atoms with Crippen LogP contribution in [0.4, 0.5) is 0 Å². The van der Waals surface area contributed by atoms with Gasteiger partial charge < -0.3 is 19.6 Å². The lowest BCUT2D eigenvalue weighted by Crippen LogP contribution is -2.47. The molecule has 0 aliphatic carbocycles. The zero-order chi connectivity index (χ0) is 36.7.